The zero-order valence-corrected chi connectivity index (χ0v) is 17.2. The number of hydrogen-bond acceptors (Lipinski definition) is 4. The Morgan fingerprint density at radius 3 is 2.40 bits per heavy atom. The summed E-state index contributed by atoms with van der Waals surface area (Å²) in [4.78, 5) is 23.5. The Morgan fingerprint density at radius 2 is 1.84 bits per heavy atom. The Morgan fingerprint density at radius 1 is 1.12 bits per heavy atom. The summed E-state index contributed by atoms with van der Waals surface area (Å²) in [6, 6.07) is 8.78. The topological polar surface area (TPSA) is 80.6 Å². The SMILES string of the molecule is CC(C)(C)c1ccc(OCC(=O)NNC(=O)c2ccc(Br)o2)c(Br)c1. The van der Waals surface area contributed by atoms with Crippen LogP contribution in [0.3, 0.4) is 0 Å². The first-order valence-corrected chi connectivity index (χ1v) is 9.03. The highest BCUT2D eigenvalue weighted by Gasteiger charge is 2.16. The second-order valence-corrected chi connectivity index (χ2v) is 7.93. The fraction of sp³-hybridized carbons (Fsp3) is 0.294. The van der Waals surface area contributed by atoms with Gasteiger partial charge in [-0.1, -0.05) is 26.8 Å². The molecule has 0 saturated heterocycles. The van der Waals surface area contributed by atoms with Gasteiger partial charge in [-0.15, -0.1) is 0 Å². The van der Waals surface area contributed by atoms with E-state index in [1.54, 1.807) is 12.1 Å². The molecule has 0 spiro atoms. The minimum Gasteiger partial charge on any atom is -0.483 e. The van der Waals surface area contributed by atoms with Gasteiger partial charge in [0.25, 0.3) is 5.91 Å². The lowest BCUT2D eigenvalue weighted by atomic mass is 9.87. The van der Waals surface area contributed by atoms with Gasteiger partial charge < -0.3 is 9.15 Å². The Hall–Kier alpha value is -1.80. The second kappa shape index (κ2) is 8.05. The van der Waals surface area contributed by atoms with Crippen molar-refractivity contribution in [2.24, 2.45) is 0 Å². The fourth-order valence-corrected chi connectivity index (χ4v) is 2.69. The summed E-state index contributed by atoms with van der Waals surface area (Å²) < 4.78 is 11.7. The number of carbonyl (C=O) groups excluding carboxylic acids is 2. The van der Waals surface area contributed by atoms with Gasteiger partial charge in [0.05, 0.1) is 4.47 Å². The first kappa shape index (κ1) is 19.5. The van der Waals surface area contributed by atoms with E-state index < -0.39 is 11.8 Å². The number of nitrogens with one attached hydrogen (secondary N) is 2. The van der Waals surface area contributed by atoms with E-state index in [-0.39, 0.29) is 17.8 Å². The van der Waals surface area contributed by atoms with Gasteiger partial charge in [-0.05, 0) is 67.1 Å². The van der Waals surface area contributed by atoms with Crippen molar-refractivity contribution in [3.63, 3.8) is 0 Å². The van der Waals surface area contributed by atoms with Crippen molar-refractivity contribution in [3.8, 4) is 5.75 Å². The molecule has 0 bridgehead atoms. The van der Waals surface area contributed by atoms with Gasteiger partial charge in [0, 0.05) is 0 Å². The lowest BCUT2D eigenvalue weighted by Gasteiger charge is -2.20. The van der Waals surface area contributed by atoms with E-state index in [1.807, 2.05) is 12.1 Å². The molecule has 0 saturated carbocycles. The van der Waals surface area contributed by atoms with Gasteiger partial charge in [-0.2, -0.15) is 0 Å². The third-order valence-corrected chi connectivity index (χ3v) is 4.32. The van der Waals surface area contributed by atoms with Gasteiger partial charge in [0.1, 0.15) is 5.75 Å². The molecule has 1 aromatic heterocycles. The minimum absolute atomic E-state index is 0.0174. The summed E-state index contributed by atoms with van der Waals surface area (Å²) in [7, 11) is 0. The van der Waals surface area contributed by atoms with E-state index in [0.717, 1.165) is 10.0 Å². The van der Waals surface area contributed by atoms with E-state index in [4.69, 9.17) is 9.15 Å². The van der Waals surface area contributed by atoms with Gasteiger partial charge in [-0.3, -0.25) is 20.4 Å². The molecule has 1 aromatic carbocycles. The van der Waals surface area contributed by atoms with Crippen LogP contribution < -0.4 is 15.6 Å². The molecule has 0 aliphatic heterocycles. The molecule has 25 heavy (non-hydrogen) atoms. The van der Waals surface area contributed by atoms with Gasteiger partial charge in [0.15, 0.2) is 17.0 Å². The third-order valence-electron chi connectivity index (χ3n) is 3.27. The lowest BCUT2D eigenvalue weighted by Crippen LogP contribution is -2.43. The van der Waals surface area contributed by atoms with E-state index in [2.05, 4.69) is 63.5 Å². The van der Waals surface area contributed by atoms with Crippen LogP contribution in [-0.4, -0.2) is 18.4 Å². The van der Waals surface area contributed by atoms with E-state index in [0.29, 0.717) is 10.4 Å². The summed E-state index contributed by atoms with van der Waals surface area (Å²) in [5, 5.41) is 0. The van der Waals surface area contributed by atoms with Gasteiger partial charge >= 0.3 is 5.91 Å². The monoisotopic (exact) mass is 472 g/mol. The van der Waals surface area contributed by atoms with Crippen molar-refractivity contribution in [1.29, 1.82) is 0 Å². The molecule has 0 atom stereocenters. The molecule has 0 radical (unpaired) electrons. The number of hydrazine groups is 1. The molecule has 0 aliphatic rings. The molecule has 1 heterocycles. The smallest absolute Gasteiger partial charge is 0.305 e. The average molecular weight is 474 g/mol. The molecule has 2 rings (SSSR count). The van der Waals surface area contributed by atoms with Crippen LogP contribution in [0.5, 0.6) is 5.75 Å². The van der Waals surface area contributed by atoms with Crippen LogP contribution in [0, 0.1) is 0 Å². The molecule has 0 fully saturated rings. The van der Waals surface area contributed by atoms with Crippen LogP contribution in [0.1, 0.15) is 36.9 Å². The number of amides is 2. The molecule has 134 valence electrons. The number of furan rings is 1. The Labute approximate surface area is 162 Å². The van der Waals surface area contributed by atoms with Crippen LogP contribution in [0.4, 0.5) is 0 Å². The molecule has 0 unspecified atom stereocenters. The highest BCUT2D eigenvalue weighted by atomic mass is 79.9. The number of carbonyl (C=O) groups is 2. The van der Waals surface area contributed by atoms with Crippen LogP contribution in [-0.2, 0) is 10.2 Å². The van der Waals surface area contributed by atoms with Crippen molar-refractivity contribution in [2.75, 3.05) is 6.61 Å². The van der Waals surface area contributed by atoms with E-state index in [1.165, 1.54) is 6.07 Å². The maximum absolute atomic E-state index is 11.8. The number of benzene rings is 1. The predicted octanol–water partition coefficient (Wildman–Crippen LogP) is 3.94. The van der Waals surface area contributed by atoms with Crippen molar-refractivity contribution in [1.82, 2.24) is 10.9 Å². The number of hydrogen-bond donors (Lipinski definition) is 2. The molecule has 2 aromatic rings. The normalized spacial score (nSPS) is 11.1. The Balaban J connectivity index is 1.85. The number of halogens is 2. The maximum Gasteiger partial charge on any atom is 0.305 e. The zero-order chi connectivity index (χ0) is 18.6. The maximum atomic E-state index is 11.8. The summed E-state index contributed by atoms with van der Waals surface area (Å²) in [5.41, 5.74) is 5.67. The van der Waals surface area contributed by atoms with Gasteiger partial charge in [0.2, 0.25) is 0 Å². The van der Waals surface area contributed by atoms with Crippen molar-refractivity contribution in [2.45, 2.75) is 26.2 Å². The van der Waals surface area contributed by atoms with Crippen LogP contribution >= 0.6 is 31.9 Å². The quantitative estimate of drug-likeness (QED) is 0.659. The minimum atomic E-state index is -0.560. The molecule has 2 N–H and O–H groups in total. The summed E-state index contributed by atoms with van der Waals surface area (Å²) in [5.74, 6) is -0.432. The third kappa shape index (κ3) is 5.61. The summed E-state index contributed by atoms with van der Waals surface area (Å²) in [6.07, 6.45) is 0. The van der Waals surface area contributed by atoms with E-state index in [9.17, 15) is 9.59 Å². The first-order chi connectivity index (χ1) is 11.7. The predicted molar refractivity (Wildman–Crippen MR) is 100 cm³/mol. The molecule has 2 amide bonds. The fourth-order valence-electron chi connectivity index (χ4n) is 1.89. The number of ether oxygens (including phenoxy) is 1. The molecule has 0 aliphatic carbocycles. The first-order valence-electron chi connectivity index (χ1n) is 7.44. The zero-order valence-electron chi connectivity index (χ0n) is 14.0. The standard InChI is InChI=1S/C17H18Br2N2O4/c1-17(2,3)10-4-5-12(11(18)8-10)24-9-15(22)20-21-16(23)13-6-7-14(19)25-13/h4-8H,9H2,1-3H3,(H,20,22)(H,21,23). The second-order valence-electron chi connectivity index (χ2n) is 6.29. The van der Waals surface area contributed by atoms with Gasteiger partial charge in [-0.25, -0.2) is 0 Å². The Bertz CT molecular complexity index is 781. The summed E-state index contributed by atoms with van der Waals surface area (Å²) >= 11 is 6.54. The number of rotatable bonds is 4. The van der Waals surface area contributed by atoms with Crippen LogP contribution in [0.2, 0.25) is 0 Å². The average Bonchev–Trinajstić information content (AvgIpc) is 2.97. The lowest BCUT2D eigenvalue weighted by molar-refractivity contribution is -0.123. The highest BCUT2D eigenvalue weighted by Crippen LogP contribution is 2.31. The largest absolute Gasteiger partial charge is 0.483 e. The Kier molecular flexibility index (Phi) is 6.29. The van der Waals surface area contributed by atoms with Crippen molar-refractivity contribution >= 4 is 43.7 Å². The van der Waals surface area contributed by atoms with Crippen LogP contribution in [0.25, 0.3) is 0 Å². The van der Waals surface area contributed by atoms with E-state index >= 15 is 0 Å². The highest BCUT2D eigenvalue weighted by molar-refractivity contribution is 9.10. The molecular formula is C17H18Br2N2O4. The van der Waals surface area contributed by atoms with Crippen molar-refractivity contribution in [3.05, 3.63) is 50.8 Å². The molecular weight excluding hydrogens is 456 g/mol. The summed E-state index contributed by atoms with van der Waals surface area (Å²) in [6.45, 7) is 6.10. The molecule has 8 heteroatoms. The molecule has 6 nitrogen and oxygen atoms in total. The van der Waals surface area contributed by atoms with Crippen LogP contribution in [0.15, 0.2) is 43.9 Å². The van der Waals surface area contributed by atoms with Crippen molar-refractivity contribution < 1.29 is 18.7 Å².